The van der Waals surface area contributed by atoms with E-state index in [4.69, 9.17) is 11.6 Å². The van der Waals surface area contributed by atoms with Crippen LogP contribution in [0.4, 0.5) is 0 Å². The standard InChI is InChI=1S/C15H22ClN3S/c1-17-14(18-9-5-12-3-4-13(16)20-12)19-10-8-15(11-19)6-2-7-15/h3-4H,2,5-11H2,1H3,(H,17,18). The molecule has 1 saturated heterocycles. The van der Waals surface area contributed by atoms with Crippen LogP contribution in [0.5, 0.6) is 0 Å². The molecule has 5 heteroatoms. The van der Waals surface area contributed by atoms with E-state index in [1.807, 2.05) is 13.1 Å². The lowest BCUT2D eigenvalue weighted by molar-refractivity contribution is 0.151. The zero-order valence-electron chi connectivity index (χ0n) is 12.0. The maximum absolute atomic E-state index is 5.95. The van der Waals surface area contributed by atoms with Gasteiger partial charge in [-0.2, -0.15) is 0 Å². The van der Waals surface area contributed by atoms with Crippen molar-refractivity contribution in [2.75, 3.05) is 26.7 Å². The lowest BCUT2D eigenvalue weighted by Gasteiger charge is -2.38. The zero-order chi connectivity index (χ0) is 14.0. The van der Waals surface area contributed by atoms with Crippen molar-refractivity contribution in [2.45, 2.75) is 32.1 Å². The van der Waals surface area contributed by atoms with Gasteiger partial charge in [0.1, 0.15) is 0 Å². The van der Waals surface area contributed by atoms with E-state index in [0.717, 1.165) is 29.8 Å². The first kappa shape index (κ1) is 14.2. The average molecular weight is 312 g/mol. The number of thiophene rings is 1. The molecule has 0 radical (unpaired) electrons. The summed E-state index contributed by atoms with van der Waals surface area (Å²) in [4.78, 5) is 8.20. The molecule has 1 aliphatic carbocycles. The average Bonchev–Trinajstić information content (AvgIpc) is 3.01. The van der Waals surface area contributed by atoms with Crippen molar-refractivity contribution in [2.24, 2.45) is 10.4 Å². The van der Waals surface area contributed by atoms with Crippen molar-refractivity contribution in [3.8, 4) is 0 Å². The van der Waals surface area contributed by atoms with Crippen molar-refractivity contribution < 1.29 is 0 Å². The lowest BCUT2D eigenvalue weighted by Crippen LogP contribution is -2.43. The second-order valence-electron chi connectivity index (χ2n) is 5.95. The molecule has 1 N–H and O–H groups in total. The van der Waals surface area contributed by atoms with Crippen LogP contribution in [-0.2, 0) is 6.42 Å². The fourth-order valence-corrected chi connectivity index (χ4v) is 4.40. The molecule has 0 amide bonds. The van der Waals surface area contributed by atoms with Gasteiger partial charge in [-0.15, -0.1) is 11.3 Å². The number of rotatable bonds is 3. The predicted octanol–water partition coefficient (Wildman–Crippen LogP) is 3.40. The molecule has 20 heavy (non-hydrogen) atoms. The SMILES string of the molecule is CN=C(NCCc1ccc(Cl)s1)N1CCC2(CCC2)C1. The summed E-state index contributed by atoms with van der Waals surface area (Å²) in [5, 5.41) is 3.49. The molecular formula is C15H22ClN3S. The molecule has 1 aromatic heterocycles. The second-order valence-corrected chi connectivity index (χ2v) is 7.75. The first-order valence-corrected chi connectivity index (χ1v) is 8.60. The molecule has 0 aromatic carbocycles. The van der Waals surface area contributed by atoms with E-state index < -0.39 is 0 Å². The quantitative estimate of drug-likeness (QED) is 0.684. The Balaban J connectivity index is 1.48. The summed E-state index contributed by atoms with van der Waals surface area (Å²) < 4.78 is 0.871. The van der Waals surface area contributed by atoms with Gasteiger partial charge in [-0.05, 0) is 43.2 Å². The molecule has 1 saturated carbocycles. The van der Waals surface area contributed by atoms with Gasteiger partial charge < -0.3 is 10.2 Å². The monoisotopic (exact) mass is 311 g/mol. The molecule has 0 bridgehead atoms. The summed E-state index contributed by atoms with van der Waals surface area (Å²) in [5.41, 5.74) is 0.624. The highest BCUT2D eigenvalue weighted by Gasteiger charge is 2.43. The molecule has 3 rings (SSSR count). The number of likely N-dealkylation sites (tertiary alicyclic amines) is 1. The Kier molecular flexibility index (Phi) is 4.22. The molecule has 2 aliphatic rings. The van der Waals surface area contributed by atoms with Gasteiger partial charge in [0, 0.05) is 31.6 Å². The maximum Gasteiger partial charge on any atom is 0.193 e. The van der Waals surface area contributed by atoms with Gasteiger partial charge in [0.15, 0.2) is 5.96 Å². The largest absolute Gasteiger partial charge is 0.356 e. The Morgan fingerprint density at radius 3 is 2.85 bits per heavy atom. The number of hydrogen-bond donors (Lipinski definition) is 1. The third kappa shape index (κ3) is 2.96. The summed E-state index contributed by atoms with van der Waals surface area (Å²) in [7, 11) is 1.89. The Morgan fingerprint density at radius 1 is 1.45 bits per heavy atom. The summed E-state index contributed by atoms with van der Waals surface area (Å²) in [6.07, 6.45) is 6.59. The molecule has 110 valence electrons. The van der Waals surface area contributed by atoms with E-state index in [9.17, 15) is 0 Å². The van der Waals surface area contributed by atoms with Crippen molar-refractivity contribution in [1.82, 2.24) is 10.2 Å². The van der Waals surface area contributed by atoms with Crippen LogP contribution < -0.4 is 5.32 Å². The molecule has 3 nitrogen and oxygen atoms in total. The summed E-state index contributed by atoms with van der Waals surface area (Å²) in [6, 6.07) is 4.08. The van der Waals surface area contributed by atoms with Crippen LogP contribution in [0.3, 0.4) is 0 Å². The molecule has 2 heterocycles. The van der Waals surface area contributed by atoms with Crippen molar-refractivity contribution in [3.05, 3.63) is 21.3 Å². The van der Waals surface area contributed by atoms with Crippen molar-refractivity contribution >= 4 is 28.9 Å². The van der Waals surface area contributed by atoms with Gasteiger partial charge in [0.2, 0.25) is 0 Å². The number of aliphatic imine (C=N–C) groups is 1. The minimum atomic E-state index is 0.624. The Morgan fingerprint density at radius 2 is 2.30 bits per heavy atom. The first-order valence-electron chi connectivity index (χ1n) is 7.41. The van der Waals surface area contributed by atoms with Gasteiger partial charge in [-0.25, -0.2) is 0 Å². The summed E-state index contributed by atoms with van der Waals surface area (Å²) >= 11 is 7.62. The molecule has 0 unspecified atom stereocenters. The smallest absolute Gasteiger partial charge is 0.193 e. The highest BCUT2D eigenvalue weighted by molar-refractivity contribution is 7.16. The predicted molar refractivity (Wildman–Crippen MR) is 86.9 cm³/mol. The third-order valence-electron chi connectivity index (χ3n) is 4.65. The van der Waals surface area contributed by atoms with E-state index in [-0.39, 0.29) is 0 Å². The van der Waals surface area contributed by atoms with Crippen LogP contribution >= 0.6 is 22.9 Å². The van der Waals surface area contributed by atoms with E-state index in [1.165, 1.54) is 37.1 Å². The van der Waals surface area contributed by atoms with Crippen LogP contribution in [-0.4, -0.2) is 37.5 Å². The topological polar surface area (TPSA) is 27.6 Å². The Hall–Kier alpha value is -0.740. The highest BCUT2D eigenvalue weighted by atomic mass is 35.5. The van der Waals surface area contributed by atoms with Crippen LogP contribution in [0.25, 0.3) is 0 Å². The van der Waals surface area contributed by atoms with Crippen molar-refractivity contribution in [1.29, 1.82) is 0 Å². The molecular weight excluding hydrogens is 290 g/mol. The van der Waals surface area contributed by atoms with Gasteiger partial charge in [-0.3, -0.25) is 4.99 Å². The van der Waals surface area contributed by atoms with E-state index in [2.05, 4.69) is 21.3 Å². The lowest BCUT2D eigenvalue weighted by atomic mass is 9.68. The summed E-state index contributed by atoms with van der Waals surface area (Å²) in [6.45, 7) is 3.27. The van der Waals surface area contributed by atoms with Gasteiger partial charge in [0.05, 0.1) is 4.34 Å². The third-order valence-corrected chi connectivity index (χ3v) is 5.94. The van der Waals surface area contributed by atoms with Crippen LogP contribution in [0, 0.1) is 5.41 Å². The van der Waals surface area contributed by atoms with Crippen LogP contribution in [0.1, 0.15) is 30.6 Å². The number of hydrogen-bond acceptors (Lipinski definition) is 2. The summed E-state index contributed by atoms with van der Waals surface area (Å²) in [5.74, 6) is 1.07. The minimum absolute atomic E-state index is 0.624. The number of halogens is 1. The molecule has 1 aliphatic heterocycles. The van der Waals surface area contributed by atoms with Crippen LogP contribution in [0.15, 0.2) is 17.1 Å². The van der Waals surface area contributed by atoms with Crippen molar-refractivity contribution in [3.63, 3.8) is 0 Å². The maximum atomic E-state index is 5.95. The number of nitrogens with zero attached hydrogens (tertiary/aromatic N) is 2. The minimum Gasteiger partial charge on any atom is -0.356 e. The van der Waals surface area contributed by atoms with Gasteiger partial charge in [-0.1, -0.05) is 18.0 Å². The molecule has 1 spiro atoms. The highest BCUT2D eigenvalue weighted by Crippen LogP contribution is 2.47. The Bertz CT molecular complexity index is 493. The van der Waals surface area contributed by atoms with E-state index in [0.29, 0.717) is 5.41 Å². The molecule has 2 fully saturated rings. The number of nitrogens with one attached hydrogen (secondary N) is 1. The molecule has 0 atom stereocenters. The van der Waals surface area contributed by atoms with E-state index >= 15 is 0 Å². The first-order chi connectivity index (χ1) is 9.71. The zero-order valence-corrected chi connectivity index (χ0v) is 13.6. The normalized spacial score (nSPS) is 21.3. The van der Waals surface area contributed by atoms with Crippen LogP contribution in [0.2, 0.25) is 4.34 Å². The Labute approximate surface area is 130 Å². The number of guanidine groups is 1. The fourth-order valence-electron chi connectivity index (χ4n) is 3.32. The second kappa shape index (κ2) is 5.94. The van der Waals surface area contributed by atoms with Gasteiger partial charge in [0.25, 0.3) is 0 Å². The fraction of sp³-hybridized carbons (Fsp3) is 0.667. The van der Waals surface area contributed by atoms with Gasteiger partial charge >= 0.3 is 0 Å². The molecule has 1 aromatic rings. The van der Waals surface area contributed by atoms with E-state index in [1.54, 1.807) is 11.3 Å².